The largest absolute Gasteiger partial charge is 0.474 e. The van der Waals surface area contributed by atoms with E-state index in [0.717, 1.165) is 76.0 Å². The van der Waals surface area contributed by atoms with E-state index in [1.165, 1.54) is 7.11 Å². The molecule has 2 aromatic heterocycles. The molecule has 1 amide bonds. The van der Waals surface area contributed by atoms with E-state index in [1.54, 1.807) is 0 Å². The first-order valence-corrected chi connectivity index (χ1v) is 17.8. The molecule has 3 saturated heterocycles. The minimum Gasteiger partial charge on any atom is -0.474 e. The van der Waals surface area contributed by atoms with Crippen LogP contribution in [0.25, 0.3) is 0 Å². The van der Waals surface area contributed by atoms with Crippen LogP contribution in [0.2, 0.25) is 0 Å². The van der Waals surface area contributed by atoms with Crippen molar-refractivity contribution in [1.82, 2.24) is 15.0 Å². The van der Waals surface area contributed by atoms with E-state index in [1.807, 2.05) is 51.8 Å². The predicted molar refractivity (Wildman–Crippen MR) is 180 cm³/mol. The lowest BCUT2D eigenvalue weighted by Crippen LogP contribution is -2.56. The van der Waals surface area contributed by atoms with E-state index >= 15 is 0 Å². The Bertz CT molecular complexity index is 1380. The number of hydrogen-bond acceptors (Lipinski definition) is 11. The number of ether oxygens (including phenoxy) is 4. The number of hydrogen-bond donors (Lipinski definition) is 0. The second-order valence-corrected chi connectivity index (χ2v) is 15.2. The maximum absolute atomic E-state index is 12.7. The van der Waals surface area contributed by atoms with E-state index in [-0.39, 0.29) is 48.4 Å². The summed E-state index contributed by atoms with van der Waals surface area (Å²) in [6.45, 7) is 12.7. The van der Waals surface area contributed by atoms with Gasteiger partial charge in [0.05, 0.1) is 19.3 Å². The molecule has 4 aliphatic rings. The number of fused-ring (bicyclic) bond motifs is 2. The number of carbonyl (C=O) groups is 2. The molecule has 12 heteroatoms. The molecule has 12 nitrogen and oxygen atoms in total. The lowest BCUT2D eigenvalue weighted by Gasteiger charge is -2.42. The molecular formula is C36H53N5O7. The summed E-state index contributed by atoms with van der Waals surface area (Å²) in [6, 6.07) is 6.54. The molecule has 48 heavy (non-hydrogen) atoms. The van der Waals surface area contributed by atoms with Gasteiger partial charge in [0.25, 0.3) is 0 Å². The average Bonchev–Trinajstić information content (AvgIpc) is 3.63. The van der Waals surface area contributed by atoms with E-state index in [2.05, 4.69) is 32.1 Å². The van der Waals surface area contributed by atoms with E-state index in [4.69, 9.17) is 23.5 Å². The highest BCUT2D eigenvalue weighted by atomic mass is 16.6. The molecule has 0 N–H and O–H groups in total. The molecule has 2 bridgehead atoms. The maximum Gasteiger partial charge on any atom is 0.410 e. The van der Waals surface area contributed by atoms with Crippen LogP contribution in [0.1, 0.15) is 97.7 Å². The van der Waals surface area contributed by atoms with Gasteiger partial charge in [0.2, 0.25) is 5.88 Å². The van der Waals surface area contributed by atoms with Gasteiger partial charge in [-0.05, 0) is 84.1 Å². The molecule has 5 heterocycles. The Morgan fingerprint density at radius 1 is 0.917 bits per heavy atom. The molecule has 2 aromatic rings. The summed E-state index contributed by atoms with van der Waals surface area (Å²) in [5.74, 6) is 1.28. The number of pyridine rings is 1. The van der Waals surface area contributed by atoms with Crippen molar-refractivity contribution in [2.75, 3.05) is 43.1 Å². The molecule has 3 unspecified atom stereocenters. The van der Waals surface area contributed by atoms with Crippen LogP contribution in [0.5, 0.6) is 5.88 Å². The van der Waals surface area contributed by atoms with Gasteiger partial charge in [-0.15, -0.1) is 0 Å². The Hall–Kier alpha value is -3.54. The number of likely N-dealkylation sites (tertiary alicyclic amines) is 1. The summed E-state index contributed by atoms with van der Waals surface area (Å²) in [6.07, 6.45) is 9.98. The maximum atomic E-state index is 12.7. The molecule has 1 aliphatic carbocycles. The fraction of sp³-hybridized carbons (Fsp3) is 0.722. The van der Waals surface area contributed by atoms with E-state index < -0.39 is 11.5 Å². The molecule has 1 saturated carbocycles. The number of anilines is 2. The van der Waals surface area contributed by atoms with Crippen molar-refractivity contribution in [3.63, 3.8) is 0 Å². The third-order valence-corrected chi connectivity index (χ3v) is 10.2. The smallest absolute Gasteiger partial charge is 0.410 e. The Kier molecular flexibility index (Phi) is 10.4. The molecule has 264 valence electrons. The Morgan fingerprint density at radius 3 is 2.19 bits per heavy atom. The van der Waals surface area contributed by atoms with E-state index in [9.17, 15) is 9.59 Å². The molecule has 4 fully saturated rings. The highest BCUT2D eigenvalue weighted by Crippen LogP contribution is 2.37. The van der Waals surface area contributed by atoms with Gasteiger partial charge in [-0.1, -0.05) is 19.0 Å². The van der Waals surface area contributed by atoms with Crippen LogP contribution in [0, 0.1) is 5.92 Å². The second kappa shape index (κ2) is 14.5. The topological polar surface area (TPSA) is 120 Å². The zero-order chi connectivity index (χ0) is 34.0. The second-order valence-electron chi connectivity index (χ2n) is 15.2. The first-order chi connectivity index (χ1) is 23.0. The normalized spacial score (nSPS) is 25.7. The van der Waals surface area contributed by atoms with Gasteiger partial charge >= 0.3 is 12.1 Å². The van der Waals surface area contributed by atoms with Crippen molar-refractivity contribution in [3.05, 3.63) is 30.2 Å². The number of nitrogens with zero attached hydrogens (tertiary/aromatic N) is 5. The zero-order valence-electron chi connectivity index (χ0n) is 29.4. The zero-order valence-corrected chi connectivity index (χ0v) is 29.4. The number of piperazine rings is 1. The van der Waals surface area contributed by atoms with Crippen LogP contribution in [0.3, 0.4) is 0 Å². The molecule has 3 aliphatic heterocycles. The molecule has 0 aromatic carbocycles. The first-order valence-electron chi connectivity index (χ1n) is 17.8. The minimum absolute atomic E-state index is 0.0504. The van der Waals surface area contributed by atoms with Crippen molar-refractivity contribution in [2.45, 2.75) is 128 Å². The summed E-state index contributed by atoms with van der Waals surface area (Å²) in [7, 11) is 1.40. The van der Waals surface area contributed by atoms with E-state index in [0.29, 0.717) is 24.7 Å². The van der Waals surface area contributed by atoms with Gasteiger partial charge in [-0.3, -0.25) is 4.79 Å². The number of methoxy groups -OCH3 is 1. The van der Waals surface area contributed by atoms with Crippen molar-refractivity contribution in [2.24, 2.45) is 5.92 Å². The summed E-state index contributed by atoms with van der Waals surface area (Å²) in [5.41, 5.74) is 0.621. The lowest BCUT2D eigenvalue weighted by atomic mass is 9.93. The third-order valence-electron chi connectivity index (χ3n) is 10.2. The quantitative estimate of drug-likeness (QED) is 0.295. The number of esters is 1. The van der Waals surface area contributed by atoms with Crippen molar-refractivity contribution >= 4 is 23.6 Å². The van der Waals surface area contributed by atoms with Crippen LogP contribution in [0.4, 0.5) is 16.3 Å². The Labute approximate surface area is 284 Å². The van der Waals surface area contributed by atoms with Crippen molar-refractivity contribution < 1.29 is 33.1 Å². The van der Waals surface area contributed by atoms with Gasteiger partial charge in [0.15, 0.2) is 11.6 Å². The first kappa shape index (κ1) is 34.3. The summed E-state index contributed by atoms with van der Waals surface area (Å²) < 4.78 is 29.2. The Morgan fingerprint density at radius 2 is 1.56 bits per heavy atom. The molecule has 6 rings (SSSR count). The van der Waals surface area contributed by atoms with Gasteiger partial charge in [-0.2, -0.15) is 0 Å². The SMILES string of the molecule is COC(=O)C(c1cc(N2CCC(O[C@H]3CC[C@H](Oc4cc(N5C6CCC5CN(C(=O)OC(C)(C)C)C6)ccn4)CC3)CC2)no1)C(C)C. The number of amides is 1. The standard InChI is InChI=1S/C36H53N5O7/c1-23(2)33(34(42)44-6)30-20-31(38-48-30)39-17-14-29(15-18-39)45-27-9-11-28(12-10-27)46-32-19-24(13-16-37-32)41-25-7-8-26(41)22-40(21-25)35(43)47-36(3,4)5/h13,16,19-20,23,25-29,33H,7-12,14-15,17-18,21-22H2,1-6H3/t25?,26?,27-,28-,33?. The molecular weight excluding hydrogens is 614 g/mol. The summed E-state index contributed by atoms with van der Waals surface area (Å²) in [5, 5.41) is 4.27. The van der Waals surface area contributed by atoms with Gasteiger partial charge in [0.1, 0.15) is 17.6 Å². The van der Waals surface area contributed by atoms with Crippen LogP contribution in [0.15, 0.2) is 28.9 Å². The molecule has 0 spiro atoms. The van der Waals surface area contributed by atoms with Crippen molar-refractivity contribution in [3.8, 4) is 5.88 Å². The Balaban J connectivity index is 0.943. The third kappa shape index (κ3) is 8.01. The summed E-state index contributed by atoms with van der Waals surface area (Å²) in [4.78, 5) is 36.1. The number of aromatic nitrogens is 2. The fourth-order valence-electron chi connectivity index (χ4n) is 7.79. The average molecular weight is 668 g/mol. The van der Waals surface area contributed by atoms with Crippen LogP contribution < -0.4 is 14.5 Å². The number of piperidine rings is 1. The highest BCUT2D eigenvalue weighted by molar-refractivity contribution is 5.77. The van der Waals surface area contributed by atoms with Gasteiger partial charge in [0, 0.05) is 62.3 Å². The summed E-state index contributed by atoms with van der Waals surface area (Å²) >= 11 is 0. The van der Waals surface area contributed by atoms with Crippen LogP contribution >= 0.6 is 0 Å². The van der Waals surface area contributed by atoms with Crippen LogP contribution in [-0.4, -0.2) is 96.4 Å². The lowest BCUT2D eigenvalue weighted by molar-refractivity contribution is -0.144. The molecule has 3 atom stereocenters. The van der Waals surface area contributed by atoms with Crippen LogP contribution in [-0.2, 0) is 19.0 Å². The highest BCUT2D eigenvalue weighted by Gasteiger charge is 2.43. The number of carbonyl (C=O) groups excluding carboxylic acids is 2. The van der Waals surface area contributed by atoms with Gasteiger partial charge < -0.3 is 38.2 Å². The monoisotopic (exact) mass is 667 g/mol. The predicted octanol–water partition coefficient (Wildman–Crippen LogP) is 5.95. The number of rotatable bonds is 9. The van der Waals surface area contributed by atoms with Crippen molar-refractivity contribution in [1.29, 1.82) is 0 Å². The fourth-order valence-corrected chi connectivity index (χ4v) is 7.79. The van der Waals surface area contributed by atoms with Gasteiger partial charge in [-0.25, -0.2) is 9.78 Å². The minimum atomic E-state index is -0.495. The molecule has 0 radical (unpaired) electrons.